The predicted octanol–water partition coefficient (Wildman–Crippen LogP) is 4.58. The Bertz CT molecular complexity index is 557. The summed E-state index contributed by atoms with van der Waals surface area (Å²) in [5.74, 6) is -0.293. The van der Waals surface area contributed by atoms with Crippen LogP contribution < -0.4 is 0 Å². The van der Waals surface area contributed by atoms with Crippen molar-refractivity contribution in [2.75, 3.05) is 5.33 Å². The van der Waals surface area contributed by atoms with Crippen LogP contribution in [0.15, 0.2) is 54.6 Å². The van der Waals surface area contributed by atoms with Gasteiger partial charge >= 0.3 is 5.97 Å². The molecule has 0 spiro atoms. The number of alkyl halides is 1. The molecule has 2 aromatic rings. The van der Waals surface area contributed by atoms with E-state index in [0.717, 1.165) is 9.13 Å². The van der Waals surface area contributed by atoms with Gasteiger partial charge in [0.05, 0.1) is 5.56 Å². The standard InChI is InChI=1S/C15H12BrIO2/c16-10-14(11-6-2-1-3-7-11)19-15(18)12-8-4-5-9-13(12)17/h1-9,14H,10H2. The number of esters is 1. The first kappa shape index (κ1) is 14.5. The van der Waals surface area contributed by atoms with Crippen LogP contribution in [0.5, 0.6) is 0 Å². The Labute approximate surface area is 134 Å². The highest BCUT2D eigenvalue weighted by molar-refractivity contribution is 14.1. The first-order valence-electron chi connectivity index (χ1n) is 5.79. The summed E-state index contributed by atoms with van der Waals surface area (Å²) in [4.78, 5) is 12.2. The molecule has 0 bridgehead atoms. The molecule has 0 N–H and O–H groups in total. The summed E-state index contributed by atoms with van der Waals surface area (Å²) < 4.78 is 6.46. The van der Waals surface area contributed by atoms with Crippen LogP contribution >= 0.6 is 38.5 Å². The van der Waals surface area contributed by atoms with Crippen molar-refractivity contribution in [1.29, 1.82) is 0 Å². The van der Waals surface area contributed by atoms with E-state index in [1.54, 1.807) is 6.07 Å². The van der Waals surface area contributed by atoms with E-state index in [1.807, 2.05) is 48.5 Å². The Balaban J connectivity index is 2.16. The lowest BCUT2D eigenvalue weighted by atomic mass is 10.1. The second-order valence-corrected chi connectivity index (χ2v) is 5.75. The molecular weight excluding hydrogens is 419 g/mol. The van der Waals surface area contributed by atoms with E-state index in [-0.39, 0.29) is 12.1 Å². The summed E-state index contributed by atoms with van der Waals surface area (Å²) in [6.45, 7) is 0. The van der Waals surface area contributed by atoms with Crippen molar-refractivity contribution in [3.8, 4) is 0 Å². The summed E-state index contributed by atoms with van der Waals surface area (Å²) in [7, 11) is 0. The van der Waals surface area contributed by atoms with Gasteiger partial charge in [-0.15, -0.1) is 0 Å². The minimum atomic E-state index is -0.293. The fourth-order valence-electron chi connectivity index (χ4n) is 1.68. The lowest BCUT2D eigenvalue weighted by Gasteiger charge is -2.16. The topological polar surface area (TPSA) is 26.3 Å². The van der Waals surface area contributed by atoms with Gasteiger partial charge in [-0.25, -0.2) is 4.79 Å². The average molecular weight is 431 g/mol. The predicted molar refractivity (Wildman–Crippen MR) is 87.6 cm³/mol. The molecule has 2 rings (SSSR count). The number of halogens is 2. The summed E-state index contributed by atoms with van der Waals surface area (Å²) in [5, 5.41) is 0.576. The van der Waals surface area contributed by atoms with Crippen molar-refractivity contribution in [3.05, 3.63) is 69.3 Å². The van der Waals surface area contributed by atoms with E-state index >= 15 is 0 Å². The molecule has 1 unspecified atom stereocenters. The Hall–Kier alpha value is -0.880. The van der Waals surface area contributed by atoms with Gasteiger partial charge in [-0.1, -0.05) is 58.4 Å². The third kappa shape index (κ3) is 3.79. The van der Waals surface area contributed by atoms with Crippen molar-refractivity contribution >= 4 is 44.5 Å². The zero-order valence-electron chi connectivity index (χ0n) is 10.1. The molecule has 98 valence electrons. The molecular formula is C15H12BrIO2. The summed E-state index contributed by atoms with van der Waals surface area (Å²) >= 11 is 5.53. The van der Waals surface area contributed by atoms with Crippen LogP contribution in [0.1, 0.15) is 22.0 Å². The number of hydrogen-bond donors (Lipinski definition) is 0. The molecule has 0 fully saturated rings. The van der Waals surface area contributed by atoms with Crippen LogP contribution in [0.2, 0.25) is 0 Å². The molecule has 0 aliphatic heterocycles. The van der Waals surface area contributed by atoms with Crippen molar-refractivity contribution in [2.24, 2.45) is 0 Å². The van der Waals surface area contributed by atoms with Gasteiger partial charge in [0, 0.05) is 8.90 Å². The van der Waals surface area contributed by atoms with Crippen molar-refractivity contribution in [1.82, 2.24) is 0 Å². The zero-order chi connectivity index (χ0) is 13.7. The maximum absolute atomic E-state index is 12.2. The molecule has 0 aliphatic carbocycles. The monoisotopic (exact) mass is 430 g/mol. The van der Waals surface area contributed by atoms with E-state index in [1.165, 1.54) is 0 Å². The van der Waals surface area contributed by atoms with Crippen molar-refractivity contribution < 1.29 is 9.53 Å². The number of hydrogen-bond acceptors (Lipinski definition) is 2. The lowest BCUT2D eigenvalue weighted by Crippen LogP contribution is -2.13. The normalized spacial score (nSPS) is 11.9. The van der Waals surface area contributed by atoms with E-state index in [4.69, 9.17) is 4.74 Å². The van der Waals surface area contributed by atoms with Crippen LogP contribution in [0, 0.1) is 3.57 Å². The second kappa shape index (κ2) is 7.05. The molecule has 0 amide bonds. The number of carbonyl (C=O) groups is 1. The molecule has 0 aromatic heterocycles. The van der Waals surface area contributed by atoms with Crippen molar-refractivity contribution in [3.63, 3.8) is 0 Å². The molecule has 0 saturated carbocycles. The molecule has 2 nitrogen and oxygen atoms in total. The first-order chi connectivity index (χ1) is 9.22. The molecule has 2 aromatic carbocycles. The maximum Gasteiger partial charge on any atom is 0.339 e. The van der Waals surface area contributed by atoms with E-state index in [2.05, 4.69) is 38.5 Å². The smallest absolute Gasteiger partial charge is 0.339 e. The Morgan fingerprint density at radius 3 is 2.37 bits per heavy atom. The third-order valence-corrected chi connectivity index (χ3v) is 4.18. The highest BCUT2D eigenvalue weighted by Gasteiger charge is 2.18. The SMILES string of the molecule is O=C(OC(CBr)c1ccccc1)c1ccccc1I. The summed E-state index contributed by atoms with van der Waals surface area (Å²) in [5.41, 5.74) is 1.59. The molecule has 1 atom stereocenters. The minimum Gasteiger partial charge on any atom is -0.453 e. The van der Waals surface area contributed by atoms with Crippen LogP contribution in [-0.4, -0.2) is 11.3 Å². The van der Waals surface area contributed by atoms with Gasteiger partial charge < -0.3 is 4.74 Å². The molecule has 0 aliphatic rings. The van der Waals surface area contributed by atoms with Gasteiger partial charge in [-0.05, 0) is 40.3 Å². The average Bonchev–Trinajstić information content (AvgIpc) is 2.46. The van der Waals surface area contributed by atoms with E-state index < -0.39 is 0 Å². The largest absolute Gasteiger partial charge is 0.453 e. The highest BCUT2D eigenvalue weighted by Crippen LogP contribution is 2.22. The molecule has 0 heterocycles. The van der Waals surface area contributed by atoms with E-state index in [0.29, 0.717) is 10.9 Å². The molecule has 0 radical (unpaired) electrons. The Kier molecular flexibility index (Phi) is 5.39. The van der Waals surface area contributed by atoms with Gasteiger partial charge in [0.25, 0.3) is 0 Å². The number of rotatable bonds is 4. The molecule has 4 heteroatoms. The van der Waals surface area contributed by atoms with Gasteiger partial charge in [0.15, 0.2) is 0 Å². The van der Waals surface area contributed by atoms with Gasteiger partial charge in [0.1, 0.15) is 6.10 Å². The van der Waals surface area contributed by atoms with Gasteiger partial charge in [0.2, 0.25) is 0 Å². The van der Waals surface area contributed by atoms with Crippen LogP contribution in [0.25, 0.3) is 0 Å². The lowest BCUT2D eigenvalue weighted by molar-refractivity contribution is 0.0348. The number of carbonyl (C=O) groups excluding carboxylic acids is 1. The third-order valence-electron chi connectivity index (χ3n) is 2.65. The fourth-order valence-corrected chi connectivity index (χ4v) is 2.79. The fraction of sp³-hybridized carbons (Fsp3) is 0.133. The van der Waals surface area contributed by atoms with Gasteiger partial charge in [-0.3, -0.25) is 0 Å². The molecule has 19 heavy (non-hydrogen) atoms. The van der Waals surface area contributed by atoms with Crippen molar-refractivity contribution in [2.45, 2.75) is 6.10 Å². The second-order valence-electron chi connectivity index (χ2n) is 3.94. The van der Waals surface area contributed by atoms with E-state index in [9.17, 15) is 4.79 Å². The van der Waals surface area contributed by atoms with Crippen LogP contribution in [-0.2, 0) is 4.74 Å². The maximum atomic E-state index is 12.2. The summed E-state index contributed by atoms with van der Waals surface area (Å²) in [6.07, 6.45) is -0.273. The van der Waals surface area contributed by atoms with Crippen LogP contribution in [0.3, 0.4) is 0 Å². The molecule has 0 saturated heterocycles. The zero-order valence-corrected chi connectivity index (χ0v) is 13.8. The first-order valence-corrected chi connectivity index (χ1v) is 7.99. The number of ether oxygens (including phenoxy) is 1. The van der Waals surface area contributed by atoms with Gasteiger partial charge in [-0.2, -0.15) is 0 Å². The Morgan fingerprint density at radius 1 is 1.11 bits per heavy atom. The van der Waals surface area contributed by atoms with Crippen LogP contribution in [0.4, 0.5) is 0 Å². The highest BCUT2D eigenvalue weighted by atomic mass is 127. The Morgan fingerprint density at radius 2 is 1.74 bits per heavy atom. The number of benzene rings is 2. The quantitative estimate of drug-likeness (QED) is 0.403. The minimum absolute atomic E-state index is 0.273. The summed E-state index contributed by atoms with van der Waals surface area (Å²) in [6, 6.07) is 17.1.